The fraction of sp³-hybridized carbons (Fsp3) is 0.682. The molecule has 0 radical (unpaired) electrons. The van der Waals surface area contributed by atoms with Crippen LogP contribution in [0.3, 0.4) is 0 Å². The van der Waals surface area contributed by atoms with Crippen molar-refractivity contribution in [2.45, 2.75) is 58.0 Å². The first-order valence-electron chi connectivity index (χ1n) is 10.3. The monoisotopic (exact) mass is 353 g/mol. The molecule has 5 fully saturated rings. The van der Waals surface area contributed by atoms with Crippen molar-refractivity contribution in [2.24, 2.45) is 29.1 Å². The number of rotatable bonds is 2. The van der Waals surface area contributed by atoms with E-state index in [2.05, 4.69) is 24.8 Å². The Labute approximate surface area is 154 Å². The Morgan fingerprint density at radius 2 is 1.69 bits per heavy atom. The van der Waals surface area contributed by atoms with Crippen LogP contribution in [0.15, 0.2) is 18.2 Å². The number of carbonyl (C=O) groups excluding carboxylic acids is 1. The summed E-state index contributed by atoms with van der Waals surface area (Å²) in [5.74, 6) is 5.28. The van der Waals surface area contributed by atoms with Gasteiger partial charge in [-0.3, -0.25) is 4.79 Å². The van der Waals surface area contributed by atoms with Gasteiger partial charge < -0.3 is 14.4 Å². The van der Waals surface area contributed by atoms with Crippen LogP contribution in [-0.2, 0) is 4.79 Å². The van der Waals surface area contributed by atoms with Crippen LogP contribution < -0.4 is 9.47 Å². The zero-order valence-electron chi connectivity index (χ0n) is 15.6. The molecule has 2 aliphatic heterocycles. The van der Waals surface area contributed by atoms with Crippen LogP contribution in [0.1, 0.15) is 57.6 Å². The lowest BCUT2D eigenvalue weighted by atomic mass is 9.52. The van der Waals surface area contributed by atoms with E-state index in [-0.39, 0.29) is 18.2 Å². The molecule has 1 saturated heterocycles. The van der Waals surface area contributed by atoms with E-state index in [1.165, 1.54) is 32.1 Å². The van der Waals surface area contributed by atoms with Gasteiger partial charge in [-0.15, -0.1) is 0 Å². The number of ether oxygens (including phenoxy) is 2. The largest absolute Gasteiger partial charge is 0.454 e. The molecular weight excluding hydrogens is 326 g/mol. The summed E-state index contributed by atoms with van der Waals surface area (Å²) in [5, 5.41) is 0. The molecule has 2 heterocycles. The van der Waals surface area contributed by atoms with E-state index < -0.39 is 0 Å². The maximum Gasteiger partial charge on any atom is 0.231 e. The van der Waals surface area contributed by atoms with Crippen LogP contribution in [0.5, 0.6) is 11.5 Å². The lowest BCUT2D eigenvalue weighted by molar-refractivity contribution is -0.191. The van der Waals surface area contributed by atoms with E-state index in [1.54, 1.807) is 0 Å². The van der Waals surface area contributed by atoms with Crippen molar-refractivity contribution >= 4 is 5.91 Å². The van der Waals surface area contributed by atoms with Gasteiger partial charge in [-0.05, 0) is 75.7 Å². The number of β-lactam (4-membered cyclic amide) rings is 1. The lowest BCUT2D eigenvalue weighted by Gasteiger charge is -2.64. The van der Waals surface area contributed by atoms with E-state index in [9.17, 15) is 4.79 Å². The van der Waals surface area contributed by atoms with Crippen LogP contribution in [0, 0.1) is 29.1 Å². The van der Waals surface area contributed by atoms with Gasteiger partial charge in [0.15, 0.2) is 11.5 Å². The molecular formula is C22H27NO3. The van der Waals surface area contributed by atoms with Gasteiger partial charge in [-0.25, -0.2) is 0 Å². The van der Waals surface area contributed by atoms with Gasteiger partial charge in [-0.2, -0.15) is 0 Å². The highest BCUT2D eigenvalue weighted by molar-refractivity contribution is 5.90. The van der Waals surface area contributed by atoms with E-state index in [4.69, 9.17) is 9.47 Å². The first-order chi connectivity index (χ1) is 12.5. The Morgan fingerprint density at radius 3 is 2.38 bits per heavy atom. The zero-order chi connectivity index (χ0) is 17.6. The second-order valence-electron chi connectivity index (χ2n) is 9.84. The Balaban J connectivity index is 1.41. The molecule has 0 spiro atoms. The van der Waals surface area contributed by atoms with Crippen molar-refractivity contribution in [3.8, 4) is 11.5 Å². The van der Waals surface area contributed by atoms with Crippen molar-refractivity contribution < 1.29 is 14.3 Å². The van der Waals surface area contributed by atoms with E-state index >= 15 is 0 Å². The van der Waals surface area contributed by atoms with Gasteiger partial charge in [-0.1, -0.05) is 12.1 Å². The minimum absolute atomic E-state index is 0.106. The van der Waals surface area contributed by atoms with Crippen LogP contribution in [0.4, 0.5) is 0 Å². The summed E-state index contributed by atoms with van der Waals surface area (Å²) in [5.41, 5.74) is 0.772. The molecule has 26 heavy (non-hydrogen) atoms. The topological polar surface area (TPSA) is 38.8 Å². The molecule has 1 amide bonds. The van der Waals surface area contributed by atoms with Gasteiger partial charge in [0.1, 0.15) is 0 Å². The predicted molar refractivity (Wildman–Crippen MR) is 96.8 cm³/mol. The van der Waals surface area contributed by atoms with Crippen molar-refractivity contribution in [3.05, 3.63) is 23.8 Å². The molecule has 1 aromatic carbocycles. The number of carbonyl (C=O) groups is 1. The van der Waals surface area contributed by atoms with Crippen LogP contribution in [-0.4, -0.2) is 23.6 Å². The van der Waals surface area contributed by atoms with E-state index in [1.807, 2.05) is 12.1 Å². The van der Waals surface area contributed by atoms with Crippen molar-refractivity contribution in [1.29, 1.82) is 0 Å². The number of likely N-dealkylation sites (tertiary alicyclic amines) is 1. The molecule has 1 aromatic rings. The van der Waals surface area contributed by atoms with Crippen molar-refractivity contribution in [1.82, 2.24) is 4.90 Å². The number of hydrogen-bond donors (Lipinski definition) is 0. The summed E-state index contributed by atoms with van der Waals surface area (Å²) >= 11 is 0. The second kappa shape index (κ2) is 4.96. The minimum Gasteiger partial charge on any atom is -0.454 e. The second-order valence-corrected chi connectivity index (χ2v) is 9.84. The molecule has 7 rings (SSSR count). The maximum atomic E-state index is 13.2. The quantitative estimate of drug-likeness (QED) is 0.750. The first kappa shape index (κ1) is 15.4. The average molecular weight is 353 g/mol. The summed E-state index contributed by atoms with van der Waals surface area (Å²) in [7, 11) is 0. The highest BCUT2D eigenvalue weighted by Crippen LogP contribution is 2.62. The molecule has 4 bridgehead atoms. The third-order valence-corrected chi connectivity index (χ3v) is 7.97. The summed E-state index contributed by atoms with van der Waals surface area (Å²) in [6, 6.07) is 6.68. The van der Waals surface area contributed by atoms with Gasteiger partial charge >= 0.3 is 0 Å². The number of benzene rings is 1. The third-order valence-electron chi connectivity index (χ3n) is 7.97. The molecule has 0 aromatic heterocycles. The van der Waals surface area contributed by atoms with Crippen molar-refractivity contribution in [3.63, 3.8) is 0 Å². The highest BCUT2D eigenvalue weighted by Gasteiger charge is 2.62. The number of fused-ring (bicyclic) bond motifs is 1. The highest BCUT2D eigenvalue weighted by atomic mass is 16.7. The summed E-state index contributed by atoms with van der Waals surface area (Å²) < 4.78 is 11.4. The number of hydrogen-bond acceptors (Lipinski definition) is 3. The van der Waals surface area contributed by atoms with Gasteiger partial charge in [0.2, 0.25) is 12.7 Å². The molecule has 0 N–H and O–H groups in total. The fourth-order valence-electron chi connectivity index (χ4n) is 7.21. The fourth-order valence-corrected chi connectivity index (χ4v) is 7.21. The van der Waals surface area contributed by atoms with Gasteiger partial charge in [0.05, 0.1) is 11.5 Å². The average Bonchev–Trinajstić information content (AvgIpc) is 3.08. The van der Waals surface area contributed by atoms with Crippen LogP contribution in [0.25, 0.3) is 0 Å². The third kappa shape index (κ3) is 1.83. The molecule has 4 nitrogen and oxygen atoms in total. The lowest BCUT2D eigenvalue weighted by Crippen LogP contribution is -2.69. The number of nitrogens with zero attached hydrogens (tertiary/aromatic N) is 1. The standard InChI is InChI=1S/C22H27NO3/c1-22(2)20(16-4-3-5-17-19(16)26-11-25-17)23(21(22)24)18-14-7-12-6-13(9-14)10-15(18)8-12/h3-5,12-15,18,20H,6-11H2,1-2H3. The molecule has 138 valence electrons. The summed E-state index contributed by atoms with van der Waals surface area (Å²) in [6.07, 6.45) is 6.78. The smallest absolute Gasteiger partial charge is 0.231 e. The Hall–Kier alpha value is -1.71. The van der Waals surface area contributed by atoms with Gasteiger partial charge in [0, 0.05) is 11.6 Å². The maximum absolute atomic E-state index is 13.2. The molecule has 4 aliphatic carbocycles. The molecule has 1 atom stereocenters. The SMILES string of the molecule is CC1(C)C(=O)N(C2C3CC4CC(C3)CC2C4)C1c1cccc2c1OCO2. The zero-order valence-corrected chi connectivity index (χ0v) is 15.6. The molecule has 4 saturated carbocycles. The number of amides is 1. The first-order valence-corrected chi connectivity index (χ1v) is 10.3. The Bertz CT molecular complexity index is 758. The van der Waals surface area contributed by atoms with E-state index in [0.29, 0.717) is 23.8 Å². The predicted octanol–water partition coefficient (Wildman–Crippen LogP) is 4.15. The van der Waals surface area contributed by atoms with Crippen LogP contribution in [0.2, 0.25) is 0 Å². The van der Waals surface area contributed by atoms with Gasteiger partial charge in [0.25, 0.3) is 0 Å². The Kier molecular flexibility index (Phi) is 2.93. The minimum atomic E-state index is -0.365. The molecule has 1 unspecified atom stereocenters. The molecule has 6 aliphatic rings. The normalized spacial score (nSPS) is 41.5. The van der Waals surface area contributed by atoms with Crippen molar-refractivity contribution in [2.75, 3.05) is 6.79 Å². The molecule has 4 heteroatoms. The number of para-hydroxylation sites is 1. The van der Waals surface area contributed by atoms with E-state index in [0.717, 1.165) is 28.9 Å². The van der Waals surface area contributed by atoms with Crippen LogP contribution >= 0.6 is 0 Å². The summed E-state index contributed by atoms with van der Waals surface area (Å²) in [6.45, 7) is 4.48. The Morgan fingerprint density at radius 1 is 1.00 bits per heavy atom. The summed E-state index contributed by atoms with van der Waals surface area (Å²) in [4.78, 5) is 15.5.